The van der Waals surface area contributed by atoms with Crippen LogP contribution in [0.3, 0.4) is 0 Å². The van der Waals surface area contributed by atoms with Crippen molar-refractivity contribution in [1.29, 1.82) is 0 Å². The Morgan fingerprint density at radius 2 is 1.82 bits per heavy atom. The van der Waals surface area contributed by atoms with Crippen LogP contribution < -0.4 is 4.74 Å². The van der Waals surface area contributed by atoms with Gasteiger partial charge in [0.25, 0.3) is 11.8 Å². The van der Waals surface area contributed by atoms with Gasteiger partial charge in [-0.15, -0.1) is 11.3 Å². The first kappa shape index (κ1) is 37.4. The summed E-state index contributed by atoms with van der Waals surface area (Å²) in [5.74, 6) is -3.19. The van der Waals surface area contributed by atoms with Crippen molar-refractivity contribution in [3.63, 3.8) is 0 Å². The lowest BCUT2D eigenvalue weighted by atomic mass is 9.78. The molecule has 16 heteroatoms. The van der Waals surface area contributed by atoms with Crippen LogP contribution in [0.5, 0.6) is 5.75 Å². The molecular formula is C34H34ClF6N3O5S. The number of ether oxygens (including phenoxy) is 1. The normalized spacial score (nSPS) is 21.1. The molecule has 2 aromatic heterocycles. The van der Waals surface area contributed by atoms with Crippen LogP contribution in [0.1, 0.15) is 83.9 Å². The Morgan fingerprint density at radius 3 is 2.48 bits per heavy atom. The zero-order chi connectivity index (χ0) is 36.4. The van der Waals surface area contributed by atoms with E-state index in [-0.39, 0.29) is 57.4 Å². The van der Waals surface area contributed by atoms with Gasteiger partial charge in [0.05, 0.1) is 11.6 Å². The van der Waals surface area contributed by atoms with E-state index in [2.05, 4.69) is 4.98 Å². The van der Waals surface area contributed by atoms with Crippen molar-refractivity contribution in [2.45, 2.75) is 94.9 Å². The third kappa shape index (κ3) is 7.88. The molecule has 0 spiro atoms. The Morgan fingerprint density at radius 1 is 1.06 bits per heavy atom. The highest BCUT2D eigenvalue weighted by Gasteiger charge is 2.57. The number of hydrogen-bond acceptors (Lipinski definition) is 6. The zero-order valence-electron chi connectivity index (χ0n) is 26.8. The number of rotatable bonds is 10. The molecule has 0 radical (unpaired) electrons. The average molecular weight is 746 g/mol. The highest BCUT2D eigenvalue weighted by molar-refractivity contribution is 7.10. The molecule has 1 fully saturated rings. The summed E-state index contributed by atoms with van der Waals surface area (Å²) in [6, 6.07) is 5.69. The Kier molecular flexibility index (Phi) is 11.1. The number of pyridine rings is 1. The van der Waals surface area contributed by atoms with E-state index in [0.717, 1.165) is 40.2 Å². The number of halogens is 7. The van der Waals surface area contributed by atoms with Crippen molar-refractivity contribution >= 4 is 40.7 Å². The molecule has 1 N–H and O–H groups in total. The van der Waals surface area contributed by atoms with Gasteiger partial charge in [0.2, 0.25) is 5.60 Å². The lowest BCUT2D eigenvalue weighted by molar-refractivity contribution is -0.163. The van der Waals surface area contributed by atoms with E-state index in [1.54, 1.807) is 18.2 Å². The van der Waals surface area contributed by atoms with Crippen LogP contribution in [-0.4, -0.2) is 61.9 Å². The summed E-state index contributed by atoms with van der Waals surface area (Å²) in [6.07, 6.45) is -7.67. The highest BCUT2D eigenvalue weighted by Crippen LogP contribution is 2.44. The van der Waals surface area contributed by atoms with E-state index in [0.29, 0.717) is 34.8 Å². The first-order valence-electron chi connectivity index (χ1n) is 16.0. The molecule has 1 aromatic carbocycles. The second-order valence-corrected chi connectivity index (χ2v) is 13.8. The quantitative estimate of drug-likeness (QED) is 0.210. The van der Waals surface area contributed by atoms with Crippen LogP contribution in [0.2, 0.25) is 5.02 Å². The Hall–Kier alpha value is -3.85. The van der Waals surface area contributed by atoms with Crippen LogP contribution in [0.25, 0.3) is 0 Å². The summed E-state index contributed by atoms with van der Waals surface area (Å²) < 4.78 is 89.7. The van der Waals surface area contributed by atoms with Gasteiger partial charge in [-0.2, -0.15) is 26.3 Å². The van der Waals surface area contributed by atoms with E-state index in [9.17, 15) is 41.0 Å². The smallest absolute Gasteiger partial charge is 0.425 e. The molecule has 3 aromatic rings. The number of carbonyl (C=O) groups is 3. The maximum Gasteiger partial charge on any atom is 0.425 e. The van der Waals surface area contributed by atoms with Gasteiger partial charge in [0, 0.05) is 54.6 Å². The number of amides is 2. The standard InChI is InChI=1S/C34H34ClF6N3O5S/c1-2-3-7-26-32(49-24-17-27(50-19-24)34(39,40)41,12-5-14-43(26)30(47)29-25(33(36,37)38)6-4-13-42-29)31(48)44-18-20-8-9-22(35)15-21(20)16-23(44)10-11-28(45)46/h4,6,8-9,13,15,17,19,23,26H,2-3,5,7,10-12,14,16,18H2,1H3,(H,45,46)/t23-,26+,32-/m0/s1. The first-order valence-corrected chi connectivity index (χ1v) is 17.3. The first-order chi connectivity index (χ1) is 23.5. The van der Waals surface area contributed by atoms with Gasteiger partial charge >= 0.3 is 18.3 Å². The van der Waals surface area contributed by atoms with Crippen molar-refractivity contribution in [3.05, 3.63) is 80.3 Å². The molecule has 0 saturated carbocycles. The van der Waals surface area contributed by atoms with Crippen molar-refractivity contribution in [1.82, 2.24) is 14.8 Å². The topological polar surface area (TPSA) is 100 Å². The number of carboxylic acids is 1. The maximum atomic E-state index is 15.2. The number of nitrogens with zero attached hydrogens (tertiary/aromatic N) is 3. The fraction of sp³-hybridized carbons (Fsp3) is 0.471. The molecule has 270 valence electrons. The summed E-state index contributed by atoms with van der Waals surface area (Å²) in [4.78, 5) is 46.3. The average Bonchev–Trinajstić information content (AvgIpc) is 3.54. The molecule has 8 nitrogen and oxygen atoms in total. The van der Waals surface area contributed by atoms with Crippen LogP contribution >= 0.6 is 22.9 Å². The van der Waals surface area contributed by atoms with Crippen LogP contribution in [-0.2, 0) is 34.9 Å². The SMILES string of the molecule is CCCC[C@H]1N(C(=O)c2ncccc2C(F)(F)F)CCC[C@@]1(Oc1csc(C(F)(F)F)c1)C(=O)N1Cc2ccc(Cl)cc2C[C@@H]1CCC(=O)O. The number of alkyl halides is 6. The summed E-state index contributed by atoms with van der Waals surface area (Å²) in [5, 5.41) is 11.1. The maximum absolute atomic E-state index is 15.2. The monoisotopic (exact) mass is 745 g/mol. The third-order valence-electron chi connectivity index (χ3n) is 9.14. The number of likely N-dealkylation sites (tertiary alicyclic amines) is 1. The van der Waals surface area contributed by atoms with E-state index in [4.69, 9.17) is 16.3 Å². The molecule has 0 unspecified atom stereocenters. The van der Waals surface area contributed by atoms with Gasteiger partial charge in [-0.3, -0.25) is 19.4 Å². The van der Waals surface area contributed by atoms with E-state index in [1.165, 1.54) is 4.90 Å². The minimum Gasteiger partial charge on any atom is -0.481 e. The van der Waals surface area contributed by atoms with Crippen molar-refractivity contribution in [3.8, 4) is 5.75 Å². The fourth-order valence-corrected chi connectivity index (χ4v) is 7.72. The van der Waals surface area contributed by atoms with Gasteiger partial charge in [0.1, 0.15) is 16.3 Å². The number of hydrogen-bond donors (Lipinski definition) is 1. The van der Waals surface area contributed by atoms with Crippen LogP contribution in [0.4, 0.5) is 26.3 Å². The Balaban J connectivity index is 1.65. The van der Waals surface area contributed by atoms with Crippen molar-refractivity contribution < 1.29 is 50.6 Å². The molecule has 1 saturated heterocycles. The minimum atomic E-state index is -4.93. The number of thiophene rings is 1. The van der Waals surface area contributed by atoms with E-state index < -0.39 is 64.0 Å². The molecule has 2 aliphatic rings. The summed E-state index contributed by atoms with van der Waals surface area (Å²) >= 11 is 6.59. The predicted molar refractivity (Wildman–Crippen MR) is 172 cm³/mol. The molecule has 0 aliphatic carbocycles. The number of aliphatic carboxylic acids is 1. The fourth-order valence-electron chi connectivity index (χ4n) is 6.84. The van der Waals surface area contributed by atoms with Gasteiger partial charge < -0.3 is 19.6 Å². The number of carboxylic acid groups (broad SMARTS) is 1. The Labute approximate surface area is 293 Å². The second kappa shape index (κ2) is 14.8. The predicted octanol–water partition coefficient (Wildman–Crippen LogP) is 8.27. The lowest BCUT2D eigenvalue weighted by Gasteiger charge is -2.51. The summed E-state index contributed by atoms with van der Waals surface area (Å²) in [7, 11) is 0. The van der Waals surface area contributed by atoms with Gasteiger partial charge in [-0.1, -0.05) is 37.4 Å². The highest BCUT2D eigenvalue weighted by atomic mass is 35.5. The number of benzene rings is 1. The number of unbranched alkanes of at least 4 members (excludes halogenated alkanes) is 1. The van der Waals surface area contributed by atoms with Crippen LogP contribution in [0.15, 0.2) is 48.0 Å². The van der Waals surface area contributed by atoms with Crippen LogP contribution in [0, 0.1) is 0 Å². The van der Waals surface area contributed by atoms with Crippen molar-refractivity contribution in [2.75, 3.05) is 6.54 Å². The largest absolute Gasteiger partial charge is 0.481 e. The third-order valence-corrected chi connectivity index (χ3v) is 10.3. The van der Waals surface area contributed by atoms with Gasteiger partial charge in [0.15, 0.2) is 0 Å². The van der Waals surface area contributed by atoms with Gasteiger partial charge in [-0.05, 0) is 61.1 Å². The van der Waals surface area contributed by atoms with E-state index in [1.807, 2.05) is 6.92 Å². The second-order valence-electron chi connectivity index (χ2n) is 12.4. The molecule has 0 bridgehead atoms. The molecule has 4 heterocycles. The van der Waals surface area contributed by atoms with Crippen molar-refractivity contribution in [2.24, 2.45) is 0 Å². The number of carbonyl (C=O) groups excluding carboxylic acids is 2. The van der Waals surface area contributed by atoms with Gasteiger partial charge in [-0.25, -0.2) is 0 Å². The lowest BCUT2D eigenvalue weighted by Crippen LogP contribution is -2.69. The molecule has 3 atom stereocenters. The number of fused-ring (bicyclic) bond motifs is 1. The summed E-state index contributed by atoms with van der Waals surface area (Å²) in [6.45, 7) is 1.74. The zero-order valence-corrected chi connectivity index (χ0v) is 28.4. The molecular weight excluding hydrogens is 712 g/mol. The Bertz CT molecular complexity index is 1730. The number of aromatic nitrogens is 1. The molecule has 2 aliphatic heterocycles. The molecule has 5 rings (SSSR count). The minimum absolute atomic E-state index is 0.0188. The molecule has 50 heavy (non-hydrogen) atoms. The number of piperidine rings is 1. The molecule has 2 amide bonds. The summed E-state index contributed by atoms with van der Waals surface area (Å²) in [5.41, 5.74) is -2.70. The van der Waals surface area contributed by atoms with E-state index >= 15 is 4.79 Å².